The SMILES string of the molecule is COc1ccc(C(N)=S)c(N2c3ccccc3CC2C)c1. The van der Waals surface area contributed by atoms with Crippen LogP contribution in [0.4, 0.5) is 11.4 Å². The highest BCUT2D eigenvalue weighted by Crippen LogP contribution is 2.40. The molecular weight excluding hydrogens is 280 g/mol. The normalized spacial score (nSPS) is 16.7. The van der Waals surface area contributed by atoms with Crippen LogP contribution < -0.4 is 15.4 Å². The molecule has 1 atom stereocenters. The number of hydrogen-bond acceptors (Lipinski definition) is 3. The highest BCUT2D eigenvalue weighted by Gasteiger charge is 2.29. The van der Waals surface area contributed by atoms with Gasteiger partial charge in [-0.15, -0.1) is 0 Å². The van der Waals surface area contributed by atoms with E-state index in [4.69, 9.17) is 22.7 Å². The van der Waals surface area contributed by atoms with Gasteiger partial charge in [-0.05, 0) is 37.1 Å². The van der Waals surface area contributed by atoms with Gasteiger partial charge in [0, 0.05) is 23.4 Å². The Kier molecular flexibility index (Phi) is 3.55. The van der Waals surface area contributed by atoms with Crippen LogP contribution in [-0.4, -0.2) is 18.1 Å². The summed E-state index contributed by atoms with van der Waals surface area (Å²) < 4.78 is 5.36. The summed E-state index contributed by atoms with van der Waals surface area (Å²) in [7, 11) is 1.67. The molecule has 0 saturated carbocycles. The monoisotopic (exact) mass is 298 g/mol. The Hall–Kier alpha value is -2.07. The summed E-state index contributed by atoms with van der Waals surface area (Å²) in [5, 5.41) is 0. The molecule has 4 heteroatoms. The number of anilines is 2. The lowest BCUT2D eigenvalue weighted by atomic mass is 10.1. The molecule has 0 saturated heterocycles. The Labute approximate surface area is 130 Å². The minimum Gasteiger partial charge on any atom is -0.497 e. The smallest absolute Gasteiger partial charge is 0.120 e. The van der Waals surface area contributed by atoms with E-state index < -0.39 is 0 Å². The lowest BCUT2D eigenvalue weighted by molar-refractivity contribution is 0.415. The lowest BCUT2D eigenvalue weighted by Crippen LogP contribution is -2.26. The molecule has 0 aliphatic carbocycles. The fourth-order valence-electron chi connectivity index (χ4n) is 2.98. The van der Waals surface area contributed by atoms with Crippen molar-refractivity contribution in [1.82, 2.24) is 0 Å². The van der Waals surface area contributed by atoms with Gasteiger partial charge in [0.1, 0.15) is 10.7 Å². The van der Waals surface area contributed by atoms with Gasteiger partial charge < -0.3 is 15.4 Å². The number of methoxy groups -OCH3 is 1. The van der Waals surface area contributed by atoms with Crippen LogP contribution in [0.15, 0.2) is 42.5 Å². The Balaban J connectivity index is 2.17. The van der Waals surface area contributed by atoms with E-state index in [-0.39, 0.29) is 0 Å². The van der Waals surface area contributed by atoms with Crippen LogP contribution in [0, 0.1) is 0 Å². The number of para-hydroxylation sites is 1. The van der Waals surface area contributed by atoms with Crippen LogP contribution in [0.3, 0.4) is 0 Å². The molecule has 2 N–H and O–H groups in total. The second-order valence-corrected chi connectivity index (χ2v) is 5.74. The van der Waals surface area contributed by atoms with Crippen LogP contribution >= 0.6 is 12.2 Å². The molecule has 3 nitrogen and oxygen atoms in total. The third-order valence-corrected chi connectivity index (χ3v) is 4.16. The maximum Gasteiger partial charge on any atom is 0.120 e. The highest BCUT2D eigenvalue weighted by molar-refractivity contribution is 7.80. The van der Waals surface area contributed by atoms with Crippen molar-refractivity contribution in [2.24, 2.45) is 5.73 Å². The van der Waals surface area contributed by atoms with Crippen molar-refractivity contribution in [3.05, 3.63) is 53.6 Å². The van der Waals surface area contributed by atoms with Crippen molar-refractivity contribution in [3.8, 4) is 5.75 Å². The molecule has 21 heavy (non-hydrogen) atoms. The third-order valence-electron chi connectivity index (χ3n) is 3.94. The number of benzene rings is 2. The van der Waals surface area contributed by atoms with Crippen LogP contribution in [-0.2, 0) is 6.42 Å². The van der Waals surface area contributed by atoms with Crippen molar-refractivity contribution < 1.29 is 4.74 Å². The zero-order chi connectivity index (χ0) is 15.0. The number of thiocarbonyl (C=S) groups is 1. The van der Waals surface area contributed by atoms with Gasteiger partial charge in [0.25, 0.3) is 0 Å². The zero-order valence-corrected chi connectivity index (χ0v) is 13.0. The Morgan fingerprint density at radius 3 is 2.71 bits per heavy atom. The third kappa shape index (κ3) is 2.36. The predicted octanol–water partition coefficient (Wildman–Crippen LogP) is 3.41. The van der Waals surface area contributed by atoms with E-state index in [0.717, 1.165) is 23.4 Å². The average Bonchev–Trinajstić information content (AvgIpc) is 2.82. The molecule has 1 heterocycles. The van der Waals surface area contributed by atoms with Gasteiger partial charge in [0.2, 0.25) is 0 Å². The number of rotatable bonds is 3. The summed E-state index contributed by atoms with van der Waals surface area (Å²) in [5.74, 6) is 0.807. The maximum atomic E-state index is 5.90. The lowest BCUT2D eigenvalue weighted by Gasteiger charge is -2.27. The van der Waals surface area contributed by atoms with E-state index in [1.54, 1.807) is 7.11 Å². The largest absolute Gasteiger partial charge is 0.497 e. The molecule has 0 aromatic heterocycles. The highest BCUT2D eigenvalue weighted by atomic mass is 32.1. The van der Waals surface area contributed by atoms with E-state index >= 15 is 0 Å². The summed E-state index contributed by atoms with van der Waals surface area (Å²) in [6, 6.07) is 14.7. The summed E-state index contributed by atoms with van der Waals surface area (Å²) in [5.41, 5.74) is 10.4. The number of nitrogens with two attached hydrogens (primary N) is 1. The van der Waals surface area contributed by atoms with Crippen molar-refractivity contribution in [2.75, 3.05) is 12.0 Å². The Bertz CT molecular complexity index is 699. The van der Waals surface area contributed by atoms with E-state index in [1.807, 2.05) is 18.2 Å². The second kappa shape index (κ2) is 5.37. The molecule has 1 unspecified atom stereocenters. The molecule has 1 aliphatic heterocycles. The van der Waals surface area contributed by atoms with Gasteiger partial charge in [0.15, 0.2) is 0 Å². The van der Waals surface area contributed by atoms with Gasteiger partial charge in [-0.3, -0.25) is 0 Å². The molecule has 1 aliphatic rings. The molecule has 0 spiro atoms. The number of ether oxygens (including phenoxy) is 1. The Morgan fingerprint density at radius 2 is 2.00 bits per heavy atom. The minimum absolute atomic E-state index is 0.364. The topological polar surface area (TPSA) is 38.5 Å². The van der Waals surface area contributed by atoms with E-state index in [9.17, 15) is 0 Å². The summed E-state index contributed by atoms with van der Waals surface area (Å²) >= 11 is 5.21. The molecule has 2 aromatic rings. The first kappa shape index (κ1) is 13.9. The maximum absolute atomic E-state index is 5.90. The molecule has 108 valence electrons. The average molecular weight is 298 g/mol. The van der Waals surface area contributed by atoms with E-state index in [2.05, 4.69) is 36.1 Å². The summed E-state index contributed by atoms with van der Waals surface area (Å²) in [4.78, 5) is 2.70. The van der Waals surface area contributed by atoms with Gasteiger partial charge in [-0.25, -0.2) is 0 Å². The van der Waals surface area contributed by atoms with Crippen LogP contribution in [0.5, 0.6) is 5.75 Å². The van der Waals surface area contributed by atoms with Crippen molar-refractivity contribution in [1.29, 1.82) is 0 Å². The van der Waals surface area contributed by atoms with E-state index in [1.165, 1.54) is 11.3 Å². The standard InChI is InChI=1S/C17H18N2OS/c1-11-9-12-5-3-4-6-15(12)19(11)16-10-13(20-2)7-8-14(16)17(18)21/h3-8,10-11H,9H2,1-2H3,(H2,18,21). The molecule has 0 fully saturated rings. The fraction of sp³-hybridized carbons (Fsp3) is 0.235. The molecule has 3 rings (SSSR count). The summed E-state index contributed by atoms with van der Waals surface area (Å²) in [6.45, 7) is 2.21. The molecular formula is C17H18N2OS. The number of fused-ring (bicyclic) bond motifs is 1. The molecule has 0 radical (unpaired) electrons. The van der Waals surface area contributed by atoms with E-state index in [0.29, 0.717) is 11.0 Å². The number of hydrogen-bond donors (Lipinski definition) is 1. The first-order valence-electron chi connectivity index (χ1n) is 6.97. The van der Waals surface area contributed by atoms with Crippen LogP contribution in [0.1, 0.15) is 18.1 Å². The zero-order valence-electron chi connectivity index (χ0n) is 12.2. The van der Waals surface area contributed by atoms with Crippen LogP contribution in [0.25, 0.3) is 0 Å². The van der Waals surface area contributed by atoms with Gasteiger partial charge in [-0.2, -0.15) is 0 Å². The van der Waals surface area contributed by atoms with Crippen LogP contribution in [0.2, 0.25) is 0 Å². The number of nitrogens with zero attached hydrogens (tertiary/aromatic N) is 1. The Morgan fingerprint density at radius 1 is 1.24 bits per heavy atom. The fourth-order valence-corrected chi connectivity index (χ4v) is 3.15. The minimum atomic E-state index is 0.364. The second-order valence-electron chi connectivity index (χ2n) is 5.30. The molecule has 0 bridgehead atoms. The molecule has 0 amide bonds. The first-order valence-corrected chi connectivity index (χ1v) is 7.37. The quantitative estimate of drug-likeness (QED) is 0.881. The van der Waals surface area contributed by atoms with Gasteiger partial charge >= 0.3 is 0 Å². The predicted molar refractivity (Wildman–Crippen MR) is 90.6 cm³/mol. The van der Waals surface area contributed by atoms with Gasteiger partial charge in [-0.1, -0.05) is 30.4 Å². The first-order chi connectivity index (χ1) is 10.1. The molecule has 2 aromatic carbocycles. The van der Waals surface area contributed by atoms with Crippen molar-refractivity contribution in [3.63, 3.8) is 0 Å². The van der Waals surface area contributed by atoms with Gasteiger partial charge in [0.05, 0.1) is 12.8 Å². The van der Waals surface area contributed by atoms with Crippen molar-refractivity contribution >= 4 is 28.6 Å². The summed E-state index contributed by atoms with van der Waals surface area (Å²) in [6.07, 6.45) is 1.02. The van der Waals surface area contributed by atoms with Crippen molar-refractivity contribution in [2.45, 2.75) is 19.4 Å².